The molecule has 0 fully saturated rings. The zero-order chi connectivity index (χ0) is 14.8. The second-order valence-electron chi connectivity index (χ2n) is 5.86. The van der Waals surface area contributed by atoms with Crippen LogP contribution >= 0.6 is 0 Å². The maximum atomic E-state index is 5.59. The zero-order valence-electron chi connectivity index (χ0n) is 13.0. The molecule has 0 heterocycles. The second-order valence-corrected chi connectivity index (χ2v) is 5.86. The molecule has 0 aromatic heterocycles. The first-order valence-corrected chi connectivity index (χ1v) is 7.64. The monoisotopic (exact) mass is 281 g/mol. The molecular weight excluding hydrogens is 258 g/mol. The van der Waals surface area contributed by atoms with Crippen molar-refractivity contribution in [2.24, 2.45) is 0 Å². The number of hydrogen-bond donors (Lipinski definition) is 1. The Balaban J connectivity index is 2.02. The SMILES string of the molecule is CNC(c1cc(C)ccc1OC)C1CCc2ccccc21. The Bertz CT molecular complexity index is 635. The Morgan fingerprint density at radius 1 is 1.19 bits per heavy atom. The fourth-order valence-electron chi connectivity index (χ4n) is 3.61. The van der Waals surface area contributed by atoms with Gasteiger partial charge in [-0.25, -0.2) is 0 Å². The minimum atomic E-state index is 0.295. The molecule has 2 nitrogen and oxygen atoms in total. The fraction of sp³-hybridized carbons (Fsp3) is 0.368. The van der Waals surface area contributed by atoms with Gasteiger partial charge in [0.15, 0.2) is 0 Å². The van der Waals surface area contributed by atoms with Crippen molar-refractivity contribution in [1.82, 2.24) is 5.32 Å². The molecule has 110 valence electrons. The molecule has 1 aliphatic carbocycles. The molecule has 0 amide bonds. The van der Waals surface area contributed by atoms with E-state index in [0.29, 0.717) is 12.0 Å². The highest BCUT2D eigenvalue weighted by Crippen LogP contribution is 2.43. The van der Waals surface area contributed by atoms with Gasteiger partial charge >= 0.3 is 0 Å². The highest BCUT2D eigenvalue weighted by molar-refractivity contribution is 5.44. The molecule has 2 aromatic carbocycles. The van der Waals surface area contributed by atoms with E-state index in [0.717, 1.165) is 5.75 Å². The zero-order valence-corrected chi connectivity index (χ0v) is 13.0. The third-order valence-corrected chi connectivity index (χ3v) is 4.61. The highest BCUT2D eigenvalue weighted by Gasteiger charge is 2.31. The molecular formula is C19H23NO. The molecule has 1 aliphatic rings. The summed E-state index contributed by atoms with van der Waals surface area (Å²) in [5.41, 5.74) is 5.52. The van der Waals surface area contributed by atoms with Gasteiger partial charge in [-0.1, -0.05) is 42.0 Å². The van der Waals surface area contributed by atoms with Gasteiger partial charge in [0.25, 0.3) is 0 Å². The van der Waals surface area contributed by atoms with Crippen molar-refractivity contribution in [3.8, 4) is 5.75 Å². The summed E-state index contributed by atoms with van der Waals surface area (Å²) in [4.78, 5) is 0. The van der Waals surface area contributed by atoms with E-state index in [9.17, 15) is 0 Å². The molecule has 21 heavy (non-hydrogen) atoms. The minimum absolute atomic E-state index is 0.295. The van der Waals surface area contributed by atoms with E-state index >= 15 is 0 Å². The van der Waals surface area contributed by atoms with Gasteiger partial charge in [0.1, 0.15) is 5.75 Å². The highest BCUT2D eigenvalue weighted by atomic mass is 16.5. The van der Waals surface area contributed by atoms with Crippen molar-refractivity contribution in [3.05, 3.63) is 64.7 Å². The van der Waals surface area contributed by atoms with E-state index in [2.05, 4.69) is 54.7 Å². The van der Waals surface area contributed by atoms with Gasteiger partial charge in [-0.3, -0.25) is 0 Å². The van der Waals surface area contributed by atoms with Gasteiger partial charge in [-0.05, 0) is 44.0 Å². The summed E-state index contributed by atoms with van der Waals surface area (Å²) in [6.45, 7) is 2.14. The molecule has 0 bridgehead atoms. The van der Waals surface area contributed by atoms with Gasteiger partial charge in [-0.2, -0.15) is 0 Å². The van der Waals surface area contributed by atoms with Gasteiger partial charge < -0.3 is 10.1 Å². The summed E-state index contributed by atoms with van der Waals surface area (Å²) in [5, 5.41) is 3.52. The summed E-state index contributed by atoms with van der Waals surface area (Å²) in [5.74, 6) is 1.49. The van der Waals surface area contributed by atoms with Gasteiger partial charge in [-0.15, -0.1) is 0 Å². The Hall–Kier alpha value is -1.80. The Kier molecular flexibility index (Phi) is 3.98. The van der Waals surface area contributed by atoms with Crippen molar-refractivity contribution in [1.29, 1.82) is 0 Å². The second kappa shape index (κ2) is 5.90. The lowest BCUT2D eigenvalue weighted by atomic mass is 9.87. The van der Waals surface area contributed by atoms with Crippen molar-refractivity contribution in [2.45, 2.75) is 31.7 Å². The molecule has 0 saturated heterocycles. The molecule has 3 rings (SSSR count). The number of likely N-dealkylation sites (N-methyl/N-ethyl adjacent to an activating group) is 1. The van der Waals surface area contributed by atoms with Crippen LogP contribution in [0.2, 0.25) is 0 Å². The maximum Gasteiger partial charge on any atom is 0.123 e. The van der Waals surface area contributed by atoms with E-state index in [-0.39, 0.29) is 0 Å². The predicted molar refractivity (Wildman–Crippen MR) is 87.0 cm³/mol. The molecule has 0 radical (unpaired) electrons. The number of nitrogens with one attached hydrogen (secondary N) is 1. The lowest BCUT2D eigenvalue weighted by Gasteiger charge is -2.26. The smallest absolute Gasteiger partial charge is 0.123 e. The Morgan fingerprint density at radius 2 is 2.00 bits per heavy atom. The number of rotatable bonds is 4. The number of aryl methyl sites for hydroxylation is 2. The van der Waals surface area contributed by atoms with Crippen molar-refractivity contribution in [3.63, 3.8) is 0 Å². The molecule has 2 atom stereocenters. The van der Waals surface area contributed by atoms with E-state index in [1.54, 1.807) is 7.11 Å². The summed E-state index contributed by atoms with van der Waals surface area (Å²) in [6.07, 6.45) is 2.37. The van der Waals surface area contributed by atoms with Crippen LogP contribution in [0.4, 0.5) is 0 Å². The van der Waals surface area contributed by atoms with Crippen LogP contribution in [0.15, 0.2) is 42.5 Å². The van der Waals surface area contributed by atoms with Crippen LogP contribution < -0.4 is 10.1 Å². The van der Waals surface area contributed by atoms with Crippen molar-refractivity contribution in [2.75, 3.05) is 14.2 Å². The van der Waals surface area contributed by atoms with E-state index in [1.165, 1.54) is 35.1 Å². The van der Waals surface area contributed by atoms with Crippen LogP contribution in [0, 0.1) is 6.92 Å². The Morgan fingerprint density at radius 3 is 2.76 bits per heavy atom. The van der Waals surface area contributed by atoms with E-state index in [1.807, 2.05) is 7.05 Å². The lowest BCUT2D eigenvalue weighted by molar-refractivity contribution is 0.390. The molecule has 0 saturated carbocycles. The molecule has 2 heteroatoms. The molecule has 2 aromatic rings. The first-order chi connectivity index (χ1) is 10.2. The number of ether oxygens (including phenoxy) is 1. The fourth-order valence-corrected chi connectivity index (χ4v) is 3.61. The number of fused-ring (bicyclic) bond motifs is 1. The third kappa shape index (κ3) is 2.56. The van der Waals surface area contributed by atoms with Crippen LogP contribution in [0.5, 0.6) is 5.75 Å². The van der Waals surface area contributed by atoms with Gasteiger partial charge in [0.05, 0.1) is 7.11 Å². The largest absolute Gasteiger partial charge is 0.496 e. The first kappa shape index (κ1) is 14.2. The average molecular weight is 281 g/mol. The summed E-state index contributed by atoms with van der Waals surface area (Å²) in [7, 11) is 3.80. The molecule has 2 unspecified atom stereocenters. The number of methoxy groups -OCH3 is 1. The van der Waals surface area contributed by atoms with Gasteiger partial charge in [0, 0.05) is 17.5 Å². The van der Waals surface area contributed by atoms with Crippen LogP contribution in [-0.4, -0.2) is 14.2 Å². The predicted octanol–water partition coefficient (Wildman–Crippen LogP) is 3.99. The topological polar surface area (TPSA) is 21.3 Å². The maximum absolute atomic E-state index is 5.59. The minimum Gasteiger partial charge on any atom is -0.496 e. The lowest BCUT2D eigenvalue weighted by Crippen LogP contribution is -2.23. The standard InChI is InChI=1S/C19H23NO/c1-13-8-11-18(21-3)17(12-13)19(20-2)16-10-9-14-6-4-5-7-15(14)16/h4-8,11-12,16,19-20H,9-10H2,1-3H3. The third-order valence-electron chi connectivity index (χ3n) is 4.61. The molecule has 0 aliphatic heterocycles. The normalized spacial score (nSPS) is 18.3. The molecule has 1 N–H and O–H groups in total. The molecule has 0 spiro atoms. The summed E-state index contributed by atoms with van der Waals surface area (Å²) >= 11 is 0. The van der Waals surface area contributed by atoms with Crippen LogP contribution in [0.1, 0.15) is 40.6 Å². The average Bonchev–Trinajstić information content (AvgIpc) is 2.93. The number of benzene rings is 2. The Labute approximate surface area is 127 Å². The quantitative estimate of drug-likeness (QED) is 0.915. The van der Waals surface area contributed by atoms with Crippen molar-refractivity contribution >= 4 is 0 Å². The van der Waals surface area contributed by atoms with Gasteiger partial charge in [0.2, 0.25) is 0 Å². The number of hydrogen-bond acceptors (Lipinski definition) is 2. The van der Waals surface area contributed by atoms with Crippen molar-refractivity contribution < 1.29 is 4.74 Å². The first-order valence-electron chi connectivity index (χ1n) is 7.64. The van der Waals surface area contributed by atoms with Crippen LogP contribution in [0.25, 0.3) is 0 Å². The summed E-state index contributed by atoms with van der Waals surface area (Å²) < 4.78 is 5.59. The van der Waals surface area contributed by atoms with E-state index < -0.39 is 0 Å². The van der Waals surface area contributed by atoms with Crippen LogP contribution in [0.3, 0.4) is 0 Å². The van der Waals surface area contributed by atoms with Crippen LogP contribution in [-0.2, 0) is 6.42 Å². The van der Waals surface area contributed by atoms with E-state index in [4.69, 9.17) is 4.74 Å². The summed E-state index contributed by atoms with van der Waals surface area (Å²) in [6, 6.07) is 15.6.